The zero-order valence-corrected chi connectivity index (χ0v) is 17.3. The van der Waals surface area contributed by atoms with Crippen molar-refractivity contribution in [2.45, 2.75) is 13.3 Å². The van der Waals surface area contributed by atoms with E-state index >= 15 is 0 Å². The van der Waals surface area contributed by atoms with Crippen molar-refractivity contribution in [2.75, 3.05) is 13.7 Å². The van der Waals surface area contributed by atoms with Gasteiger partial charge in [0.05, 0.1) is 13.3 Å². The van der Waals surface area contributed by atoms with Gasteiger partial charge in [-0.05, 0) is 47.0 Å². The topological polar surface area (TPSA) is 59.9 Å². The first kappa shape index (κ1) is 19.9. The van der Waals surface area contributed by atoms with Crippen molar-refractivity contribution >= 4 is 38.8 Å². The van der Waals surface area contributed by atoms with E-state index in [1.807, 2.05) is 61.5 Å². The fourth-order valence-electron chi connectivity index (χ4n) is 2.90. The largest absolute Gasteiger partial charge is 0.496 e. The van der Waals surface area contributed by atoms with Crippen LogP contribution < -0.4 is 14.9 Å². The fraction of sp³-hybridized carbons (Fsp3) is 0.182. The maximum Gasteiger partial charge on any atom is 0.277 e. The Hall–Kier alpha value is -2.86. The maximum absolute atomic E-state index is 12.1. The van der Waals surface area contributed by atoms with Crippen LogP contribution in [0.1, 0.15) is 18.1 Å². The number of fused-ring (bicyclic) bond motifs is 1. The number of rotatable bonds is 7. The normalized spacial score (nSPS) is 11.0. The molecule has 0 fully saturated rings. The molecule has 1 N–H and O–H groups in total. The summed E-state index contributed by atoms with van der Waals surface area (Å²) in [6.07, 6.45) is 2.41. The molecule has 0 radical (unpaired) electrons. The van der Waals surface area contributed by atoms with Gasteiger partial charge in [-0.3, -0.25) is 4.79 Å². The van der Waals surface area contributed by atoms with Gasteiger partial charge in [-0.1, -0.05) is 53.2 Å². The smallest absolute Gasteiger partial charge is 0.277 e. The first-order valence-corrected chi connectivity index (χ1v) is 9.70. The number of nitrogens with zero attached hydrogens (tertiary/aromatic N) is 1. The number of aryl methyl sites for hydroxylation is 1. The Morgan fingerprint density at radius 1 is 1.14 bits per heavy atom. The van der Waals surface area contributed by atoms with Crippen molar-refractivity contribution in [3.63, 3.8) is 0 Å². The number of benzene rings is 3. The molecule has 28 heavy (non-hydrogen) atoms. The van der Waals surface area contributed by atoms with E-state index in [1.54, 1.807) is 13.3 Å². The molecule has 0 unspecified atom stereocenters. The van der Waals surface area contributed by atoms with E-state index in [0.717, 1.165) is 32.8 Å². The monoisotopic (exact) mass is 440 g/mol. The van der Waals surface area contributed by atoms with E-state index in [2.05, 4.69) is 26.5 Å². The van der Waals surface area contributed by atoms with Crippen LogP contribution in [0, 0.1) is 0 Å². The lowest BCUT2D eigenvalue weighted by Gasteiger charge is -2.10. The molecule has 6 heteroatoms. The number of hydrogen-bond acceptors (Lipinski definition) is 4. The minimum Gasteiger partial charge on any atom is -0.496 e. The molecule has 144 valence electrons. The van der Waals surface area contributed by atoms with E-state index in [0.29, 0.717) is 11.5 Å². The average molecular weight is 441 g/mol. The minimum atomic E-state index is -0.333. The van der Waals surface area contributed by atoms with Crippen LogP contribution in [-0.4, -0.2) is 25.8 Å². The molecule has 0 atom stereocenters. The molecule has 3 rings (SSSR count). The zero-order valence-electron chi connectivity index (χ0n) is 15.7. The first-order valence-electron chi connectivity index (χ1n) is 8.91. The van der Waals surface area contributed by atoms with Crippen molar-refractivity contribution in [1.29, 1.82) is 0 Å². The lowest BCUT2D eigenvalue weighted by molar-refractivity contribution is -0.123. The molecule has 0 bridgehead atoms. The summed E-state index contributed by atoms with van der Waals surface area (Å²) in [6, 6.07) is 17.5. The van der Waals surface area contributed by atoms with Gasteiger partial charge in [0.1, 0.15) is 11.5 Å². The van der Waals surface area contributed by atoms with Gasteiger partial charge in [-0.2, -0.15) is 5.10 Å². The predicted octanol–water partition coefficient (Wildman–Crippen LogP) is 4.70. The molecular weight excluding hydrogens is 420 g/mol. The predicted molar refractivity (Wildman–Crippen MR) is 115 cm³/mol. The van der Waals surface area contributed by atoms with E-state index in [1.165, 1.54) is 0 Å². The van der Waals surface area contributed by atoms with Crippen LogP contribution in [-0.2, 0) is 11.2 Å². The van der Waals surface area contributed by atoms with Gasteiger partial charge in [0.15, 0.2) is 6.61 Å². The van der Waals surface area contributed by atoms with Crippen molar-refractivity contribution in [1.82, 2.24) is 5.43 Å². The maximum atomic E-state index is 12.1. The summed E-state index contributed by atoms with van der Waals surface area (Å²) in [5.74, 6) is 1.05. The molecule has 0 aliphatic heterocycles. The Balaban J connectivity index is 1.67. The Labute approximate surface area is 172 Å². The van der Waals surface area contributed by atoms with Gasteiger partial charge in [0, 0.05) is 10.0 Å². The van der Waals surface area contributed by atoms with Crippen LogP contribution in [0.25, 0.3) is 10.8 Å². The highest BCUT2D eigenvalue weighted by atomic mass is 79.9. The molecule has 0 aliphatic carbocycles. The number of amides is 1. The lowest BCUT2D eigenvalue weighted by atomic mass is 10.0. The van der Waals surface area contributed by atoms with Gasteiger partial charge < -0.3 is 9.47 Å². The zero-order chi connectivity index (χ0) is 19.9. The molecule has 3 aromatic carbocycles. The lowest BCUT2D eigenvalue weighted by Crippen LogP contribution is -2.24. The fourth-order valence-corrected chi connectivity index (χ4v) is 3.30. The van der Waals surface area contributed by atoms with Gasteiger partial charge in [-0.15, -0.1) is 0 Å². The second-order valence-corrected chi connectivity index (χ2v) is 7.01. The highest BCUT2D eigenvalue weighted by Crippen LogP contribution is 2.26. The standard InChI is InChI=1S/C22H21BrN2O3/c1-3-15-12-17(23)9-11-20(15)28-14-22(26)25-24-13-19-18-7-5-4-6-16(18)8-10-21(19)27-2/h4-13H,3,14H2,1-2H3,(H,25,26)/b24-13+. The average Bonchev–Trinajstić information content (AvgIpc) is 2.72. The van der Waals surface area contributed by atoms with Crippen LogP contribution in [0.2, 0.25) is 0 Å². The summed E-state index contributed by atoms with van der Waals surface area (Å²) in [7, 11) is 1.61. The SMILES string of the molecule is CCc1cc(Br)ccc1OCC(=O)N/N=C/c1c(OC)ccc2ccccc12. The van der Waals surface area contributed by atoms with Crippen molar-refractivity contribution in [3.8, 4) is 11.5 Å². The molecule has 0 aliphatic rings. The van der Waals surface area contributed by atoms with Crippen LogP contribution >= 0.6 is 15.9 Å². The van der Waals surface area contributed by atoms with E-state index < -0.39 is 0 Å². The summed E-state index contributed by atoms with van der Waals surface area (Å²) in [5, 5.41) is 6.15. The number of ether oxygens (including phenoxy) is 2. The summed E-state index contributed by atoms with van der Waals surface area (Å²) < 4.78 is 12.0. The quantitative estimate of drug-likeness (QED) is 0.427. The number of methoxy groups -OCH3 is 1. The van der Waals surface area contributed by atoms with E-state index in [-0.39, 0.29) is 12.5 Å². The van der Waals surface area contributed by atoms with Crippen molar-refractivity contribution in [3.05, 3.63) is 70.2 Å². The molecular formula is C22H21BrN2O3. The third-order valence-corrected chi connectivity index (χ3v) is 4.79. The Bertz CT molecular complexity index is 1020. The third-order valence-electron chi connectivity index (χ3n) is 4.30. The summed E-state index contributed by atoms with van der Waals surface area (Å²) in [5.41, 5.74) is 4.35. The van der Waals surface area contributed by atoms with Gasteiger partial charge in [0.25, 0.3) is 5.91 Å². The van der Waals surface area contributed by atoms with E-state index in [4.69, 9.17) is 9.47 Å². The van der Waals surface area contributed by atoms with Crippen molar-refractivity contribution < 1.29 is 14.3 Å². The number of carbonyl (C=O) groups excluding carboxylic acids is 1. The molecule has 0 saturated carbocycles. The molecule has 5 nitrogen and oxygen atoms in total. The molecule has 3 aromatic rings. The highest BCUT2D eigenvalue weighted by molar-refractivity contribution is 9.10. The van der Waals surface area contributed by atoms with Crippen LogP contribution in [0.4, 0.5) is 0 Å². The Kier molecular flexibility index (Phi) is 6.66. The van der Waals surface area contributed by atoms with Crippen LogP contribution in [0.3, 0.4) is 0 Å². The van der Waals surface area contributed by atoms with Gasteiger partial charge >= 0.3 is 0 Å². The second kappa shape index (κ2) is 9.37. The van der Waals surface area contributed by atoms with Gasteiger partial charge in [-0.25, -0.2) is 5.43 Å². The van der Waals surface area contributed by atoms with Gasteiger partial charge in [0.2, 0.25) is 0 Å². The number of hydrazone groups is 1. The number of halogens is 1. The summed E-state index contributed by atoms with van der Waals surface area (Å²) in [4.78, 5) is 12.1. The highest BCUT2D eigenvalue weighted by Gasteiger charge is 2.08. The Morgan fingerprint density at radius 3 is 2.71 bits per heavy atom. The Morgan fingerprint density at radius 2 is 1.93 bits per heavy atom. The molecule has 0 saturated heterocycles. The molecule has 0 heterocycles. The number of carbonyl (C=O) groups is 1. The van der Waals surface area contributed by atoms with E-state index in [9.17, 15) is 4.79 Å². The van der Waals surface area contributed by atoms with Crippen LogP contribution in [0.5, 0.6) is 11.5 Å². The first-order chi connectivity index (χ1) is 13.6. The molecule has 0 aromatic heterocycles. The number of hydrogen-bond donors (Lipinski definition) is 1. The minimum absolute atomic E-state index is 0.112. The van der Waals surface area contributed by atoms with Crippen molar-refractivity contribution in [2.24, 2.45) is 5.10 Å². The molecule has 1 amide bonds. The number of nitrogens with one attached hydrogen (secondary N) is 1. The van der Waals surface area contributed by atoms with Crippen LogP contribution in [0.15, 0.2) is 64.2 Å². The summed E-state index contributed by atoms with van der Waals surface area (Å²) >= 11 is 3.44. The summed E-state index contributed by atoms with van der Waals surface area (Å²) in [6.45, 7) is 1.93. The third kappa shape index (κ3) is 4.70. The second-order valence-electron chi connectivity index (χ2n) is 6.09. The molecule has 0 spiro atoms.